The highest BCUT2D eigenvalue weighted by Gasteiger charge is 2.26. The first-order valence-electron chi connectivity index (χ1n) is 9.96. The fourth-order valence-corrected chi connectivity index (χ4v) is 4.19. The minimum atomic E-state index is -0.596. The molecule has 0 fully saturated rings. The molecule has 0 radical (unpaired) electrons. The van der Waals surface area contributed by atoms with E-state index in [9.17, 15) is 19.7 Å². The van der Waals surface area contributed by atoms with Gasteiger partial charge in [0.1, 0.15) is 22.1 Å². The average Bonchev–Trinajstić information content (AvgIpc) is 3.13. The molecule has 9 nitrogen and oxygen atoms in total. The largest absolute Gasteiger partial charge is 0.497 e. The molecule has 1 N–H and O–H groups in total. The normalized spacial score (nSPS) is 10.4. The van der Waals surface area contributed by atoms with Crippen LogP contribution in [0.2, 0.25) is 0 Å². The number of carbonyl (C=O) groups is 2. The van der Waals surface area contributed by atoms with Gasteiger partial charge in [-0.25, -0.2) is 4.79 Å². The van der Waals surface area contributed by atoms with E-state index >= 15 is 0 Å². The number of aryl methyl sites for hydroxylation is 1. The number of non-ortho nitro benzene ring substituents is 1. The summed E-state index contributed by atoms with van der Waals surface area (Å²) in [5.41, 5.74) is 1.30. The van der Waals surface area contributed by atoms with Gasteiger partial charge in [0.05, 0.1) is 18.6 Å². The average molecular weight is 471 g/mol. The van der Waals surface area contributed by atoms with E-state index in [1.54, 1.807) is 57.4 Å². The molecule has 3 rings (SSSR count). The number of hydrogen-bond donors (Lipinski definition) is 1. The van der Waals surface area contributed by atoms with Crippen molar-refractivity contribution in [2.45, 2.75) is 13.8 Å². The first kappa shape index (κ1) is 23.7. The number of carbonyl (C=O) groups excluding carboxylic acids is 2. The molecule has 33 heavy (non-hydrogen) atoms. The number of nitro groups is 1. The third-order valence-electron chi connectivity index (χ3n) is 4.61. The second kappa shape index (κ2) is 10.6. The zero-order chi connectivity index (χ0) is 24.0. The fourth-order valence-electron chi connectivity index (χ4n) is 3.11. The number of methoxy groups -OCH3 is 1. The summed E-state index contributed by atoms with van der Waals surface area (Å²) in [6.07, 6.45) is 0. The number of anilines is 1. The van der Waals surface area contributed by atoms with Crippen LogP contribution in [-0.4, -0.2) is 37.1 Å². The number of nitro benzene ring substituents is 1. The molecule has 0 spiro atoms. The molecule has 172 valence electrons. The van der Waals surface area contributed by atoms with Gasteiger partial charge in [0, 0.05) is 22.6 Å². The monoisotopic (exact) mass is 470 g/mol. The maximum atomic E-state index is 12.8. The molecule has 2 aromatic carbocycles. The van der Waals surface area contributed by atoms with Gasteiger partial charge in [-0.15, -0.1) is 11.3 Å². The highest BCUT2D eigenvalue weighted by molar-refractivity contribution is 7.17. The lowest BCUT2D eigenvalue weighted by Crippen LogP contribution is -2.21. The van der Waals surface area contributed by atoms with Crippen LogP contribution < -0.4 is 14.8 Å². The van der Waals surface area contributed by atoms with Crippen molar-refractivity contribution in [3.63, 3.8) is 0 Å². The van der Waals surface area contributed by atoms with E-state index in [-0.39, 0.29) is 24.5 Å². The fraction of sp³-hybridized carbons (Fsp3) is 0.217. The van der Waals surface area contributed by atoms with Crippen molar-refractivity contribution >= 4 is 33.9 Å². The Hall–Kier alpha value is -3.92. The van der Waals surface area contributed by atoms with Gasteiger partial charge in [0.2, 0.25) is 0 Å². The van der Waals surface area contributed by atoms with Crippen molar-refractivity contribution in [1.29, 1.82) is 0 Å². The molecule has 1 heterocycles. The number of benzene rings is 2. The Bertz CT molecular complexity index is 1150. The third-order valence-corrected chi connectivity index (χ3v) is 5.63. The predicted octanol–water partition coefficient (Wildman–Crippen LogP) is 4.83. The number of nitrogens with one attached hydrogen (secondary N) is 1. The first-order valence-corrected chi connectivity index (χ1v) is 10.8. The Labute approximate surface area is 194 Å². The molecule has 0 aliphatic carbocycles. The van der Waals surface area contributed by atoms with Crippen LogP contribution in [0.3, 0.4) is 0 Å². The van der Waals surface area contributed by atoms with Gasteiger partial charge in [-0.2, -0.15) is 0 Å². The van der Waals surface area contributed by atoms with Gasteiger partial charge in [0.25, 0.3) is 11.6 Å². The Morgan fingerprint density at radius 1 is 1.06 bits per heavy atom. The van der Waals surface area contributed by atoms with E-state index < -0.39 is 16.8 Å². The van der Waals surface area contributed by atoms with E-state index in [0.717, 1.165) is 4.88 Å². The molecule has 0 aliphatic rings. The summed E-state index contributed by atoms with van der Waals surface area (Å²) in [7, 11) is 1.55. The van der Waals surface area contributed by atoms with Gasteiger partial charge in [-0.05, 0) is 55.8 Å². The zero-order valence-electron chi connectivity index (χ0n) is 18.2. The van der Waals surface area contributed by atoms with Gasteiger partial charge in [-0.1, -0.05) is 0 Å². The van der Waals surface area contributed by atoms with E-state index in [0.29, 0.717) is 27.6 Å². The topological polar surface area (TPSA) is 117 Å². The minimum Gasteiger partial charge on any atom is -0.497 e. The van der Waals surface area contributed by atoms with Crippen molar-refractivity contribution in [3.05, 3.63) is 69.1 Å². The maximum Gasteiger partial charge on any atom is 0.341 e. The molecule has 0 saturated heterocycles. The van der Waals surface area contributed by atoms with E-state index in [1.165, 1.54) is 23.5 Å². The summed E-state index contributed by atoms with van der Waals surface area (Å²) in [5.74, 6) is 0.110. The molecule has 3 aromatic rings. The van der Waals surface area contributed by atoms with Crippen molar-refractivity contribution in [2.75, 3.05) is 25.6 Å². The van der Waals surface area contributed by atoms with Crippen LogP contribution >= 0.6 is 11.3 Å². The van der Waals surface area contributed by atoms with Gasteiger partial charge in [0.15, 0.2) is 6.61 Å². The standard InChI is InChI=1S/C23H22N2O7S/c1-4-31-23(27)21-20(15-5-7-16(8-6-15)25(28)29)14(2)33-22(21)24-19(26)13-32-18-11-9-17(30-3)10-12-18/h5-12H,4,13H2,1-3H3,(H,24,26). The number of thiophene rings is 1. The third kappa shape index (κ3) is 5.66. The Balaban J connectivity index is 1.84. The molecule has 0 unspecified atom stereocenters. The molecular formula is C23H22N2O7S. The Kier molecular flexibility index (Phi) is 7.62. The summed E-state index contributed by atoms with van der Waals surface area (Å²) in [6, 6.07) is 12.6. The summed E-state index contributed by atoms with van der Waals surface area (Å²) >= 11 is 1.22. The van der Waals surface area contributed by atoms with Gasteiger partial charge >= 0.3 is 5.97 Å². The van der Waals surface area contributed by atoms with E-state index in [4.69, 9.17) is 14.2 Å². The summed E-state index contributed by atoms with van der Waals surface area (Å²) < 4.78 is 15.8. The number of rotatable bonds is 9. The number of ether oxygens (including phenoxy) is 3. The molecule has 1 amide bonds. The van der Waals surface area contributed by atoms with Crippen LogP contribution in [0, 0.1) is 17.0 Å². The van der Waals surface area contributed by atoms with Crippen LogP contribution in [0.4, 0.5) is 10.7 Å². The van der Waals surface area contributed by atoms with Crippen LogP contribution in [-0.2, 0) is 9.53 Å². The molecule has 10 heteroatoms. The van der Waals surface area contributed by atoms with Crippen molar-refractivity contribution in [2.24, 2.45) is 0 Å². The summed E-state index contributed by atoms with van der Waals surface area (Å²) in [5, 5.41) is 14.0. The quantitative estimate of drug-likeness (QED) is 0.270. The molecule has 0 saturated carbocycles. The van der Waals surface area contributed by atoms with Crippen molar-refractivity contribution < 1.29 is 28.7 Å². The number of hydrogen-bond acceptors (Lipinski definition) is 8. The van der Waals surface area contributed by atoms with Crippen LogP contribution in [0.5, 0.6) is 11.5 Å². The summed E-state index contributed by atoms with van der Waals surface area (Å²) in [6.45, 7) is 3.37. The molecule has 0 aliphatic heterocycles. The number of esters is 1. The van der Waals surface area contributed by atoms with Crippen molar-refractivity contribution in [3.8, 4) is 22.6 Å². The molecule has 1 aromatic heterocycles. The van der Waals surface area contributed by atoms with E-state index in [2.05, 4.69) is 5.32 Å². The smallest absolute Gasteiger partial charge is 0.341 e. The highest BCUT2D eigenvalue weighted by atomic mass is 32.1. The maximum absolute atomic E-state index is 12.8. The van der Waals surface area contributed by atoms with Crippen molar-refractivity contribution in [1.82, 2.24) is 0 Å². The number of amides is 1. The van der Waals surface area contributed by atoms with Gasteiger partial charge in [-0.3, -0.25) is 14.9 Å². The number of nitrogens with zero attached hydrogens (tertiary/aromatic N) is 1. The zero-order valence-corrected chi connectivity index (χ0v) is 19.1. The van der Waals surface area contributed by atoms with E-state index in [1.807, 2.05) is 0 Å². The second-order valence-corrected chi connectivity index (χ2v) is 8.00. The molecular weight excluding hydrogens is 448 g/mol. The van der Waals surface area contributed by atoms with Crippen LogP contribution in [0.15, 0.2) is 48.5 Å². The lowest BCUT2D eigenvalue weighted by atomic mass is 10.0. The lowest BCUT2D eigenvalue weighted by molar-refractivity contribution is -0.384. The molecule has 0 atom stereocenters. The lowest BCUT2D eigenvalue weighted by Gasteiger charge is -2.10. The summed E-state index contributed by atoms with van der Waals surface area (Å²) in [4.78, 5) is 36.5. The first-order chi connectivity index (χ1) is 15.8. The SMILES string of the molecule is CCOC(=O)c1c(NC(=O)COc2ccc(OC)cc2)sc(C)c1-c1ccc([N+](=O)[O-])cc1. The Morgan fingerprint density at radius 2 is 1.70 bits per heavy atom. The predicted molar refractivity (Wildman–Crippen MR) is 124 cm³/mol. The minimum absolute atomic E-state index is 0.0616. The van der Waals surface area contributed by atoms with Gasteiger partial charge < -0.3 is 19.5 Å². The van der Waals surface area contributed by atoms with Crippen LogP contribution in [0.1, 0.15) is 22.2 Å². The molecule has 0 bridgehead atoms. The highest BCUT2D eigenvalue weighted by Crippen LogP contribution is 2.40. The second-order valence-electron chi connectivity index (χ2n) is 6.77. The Morgan fingerprint density at radius 3 is 2.27 bits per heavy atom. The van der Waals surface area contributed by atoms with Crippen LogP contribution in [0.25, 0.3) is 11.1 Å².